The second-order valence-corrected chi connectivity index (χ2v) is 5.40. The summed E-state index contributed by atoms with van der Waals surface area (Å²) in [5.41, 5.74) is 5.36. The number of fused-ring (bicyclic) bond motifs is 1. The number of hydrogen-bond acceptors (Lipinski definition) is 2. The molecule has 0 bridgehead atoms. The Labute approximate surface area is 134 Å². The van der Waals surface area contributed by atoms with Crippen molar-refractivity contribution < 1.29 is 4.74 Å². The van der Waals surface area contributed by atoms with E-state index in [9.17, 15) is 0 Å². The van der Waals surface area contributed by atoms with Gasteiger partial charge in [0.2, 0.25) is 0 Å². The van der Waals surface area contributed by atoms with Gasteiger partial charge in [-0.05, 0) is 47.5 Å². The Bertz CT molecular complexity index is 940. The third kappa shape index (κ3) is 2.57. The predicted molar refractivity (Wildman–Crippen MR) is 92.6 cm³/mol. The van der Waals surface area contributed by atoms with Crippen molar-refractivity contribution in [1.29, 1.82) is 0 Å². The van der Waals surface area contributed by atoms with E-state index in [2.05, 4.69) is 53.2 Å². The molecule has 0 aliphatic rings. The van der Waals surface area contributed by atoms with E-state index < -0.39 is 0 Å². The Hall–Kier alpha value is -3.07. The average molecular weight is 300 g/mol. The molecule has 3 nitrogen and oxygen atoms in total. The van der Waals surface area contributed by atoms with Crippen LogP contribution in [0.15, 0.2) is 79.1 Å². The smallest absolute Gasteiger partial charge is 0.137 e. The topological polar surface area (TPSA) is 26.5 Å². The van der Waals surface area contributed by atoms with Gasteiger partial charge in [-0.25, -0.2) is 4.98 Å². The highest BCUT2D eigenvalue weighted by molar-refractivity contribution is 5.67. The van der Waals surface area contributed by atoms with Gasteiger partial charge in [0.25, 0.3) is 0 Å². The van der Waals surface area contributed by atoms with Crippen LogP contribution in [0.5, 0.6) is 5.75 Å². The highest BCUT2D eigenvalue weighted by atomic mass is 16.5. The summed E-state index contributed by atoms with van der Waals surface area (Å²) in [5, 5.41) is 0. The van der Waals surface area contributed by atoms with Crippen LogP contribution in [0.4, 0.5) is 0 Å². The highest BCUT2D eigenvalue weighted by Gasteiger charge is 2.06. The molecule has 0 saturated carbocycles. The van der Waals surface area contributed by atoms with Gasteiger partial charge in [-0.1, -0.05) is 30.3 Å². The van der Waals surface area contributed by atoms with E-state index in [-0.39, 0.29) is 0 Å². The van der Waals surface area contributed by atoms with E-state index in [4.69, 9.17) is 9.72 Å². The summed E-state index contributed by atoms with van der Waals surface area (Å²) in [6.07, 6.45) is 4.17. The molecule has 0 fully saturated rings. The lowest BCUT2D eigenvalue weighted by Crippen LogP contribution is -1.84. The lowest BCUT2D eigenvalue weighted by atomic mass is 10.1. The van der Waals surface area contributed by atoms with E-state index >= 15 is 0 Å². The fraction of sp³-hybridized carbons (Fsp3) is 0.0500. The quantitative estimate of drug-likeness (QED) is 0.549. The molecule has 4 rings (SSSR count). The van der Waals surface area contributed by atoms with Crippen molar-refractivity contribution in [2.75, 3.05) is 7.11 Å². The lowest BCUT2D eigenvalue weighted by molar-refractivity contribution is 0.415. The maximum Gasteiger partial charge on any atom is 0.137 e. The average Bonchev–Trinajstić information content (AvgIpc) is 3.06. The Balaban J connectivity index is 1.75. The monoisotopic (exact) mass is 300 g/mol. The number of pyridine rings is 1. The van der Waals surface area contributed by atoms with Crippen LogP contribution in [-0.4, -0.2) is 16.5 Å². The molecule has 112 valence electrons. The Morgan fingerprint density at radius 3 is 2.22 bits per heavy atom. The fourth-order valence-corrected chi connectivity index (χ4v) is 2.69. The maximum absolute atomic E-state index is 5.20. The Morgan fingerprint density at radius 2 is 1.48 bits per heavy atom. The van der Waals surface area contributed by atoms with Crippen molar-refractivity contribution in [3.63, 3.8) is 0 Å². The molecule has 4 aromatic rings. The van der Waals surface area contributed by atoms with E-state index in [1.165, 1.54) is 11.1 Å². The second kappa shape index (κ2) is 5.61. The molecule has 0 amide bonds. The van der Waals surface area contributed by atoms with Gasteiger partial charge in [0, 0.05) is 18.0 Å². The van der Waals surface area contributed by atoms with Gasteiger partial charge in [-0.15, -0.1) is 0 Å². The summed E-state index contributed by atoms with van der Waals surface area (Å²) in [5.74, 6) is 0.851. The van der Waals surface area contributed by atoms with E-state index in [1.807, 2.05) is 30.3 Å². The molecular formula is C20H16N2O. The molecule has 0 aliphatic heterocycles. The number of rotatable bonds is 3. The summed E-state index contributed by atoms with van der Waals surface area (Å²) in [4.78, 5) is 4.70. The van der Waals surface area contributed by atoms with Crippen molar-refractivity contribution >= 4 is 5.65 Å². The lowest BCUT2D eigenvalue weighted by Gasteiger charge is -2.01. The van der Waals surface area contributed by atoms with Crippen molar-refractivity contribution in [2.45, 2.75) is 0 Å². The fourth-order valence-electron chi connectivity index (χ4n) is 2.69. The van der Waals surface area contributed by atoms with Gasteiger partial charge in [-0.3, -0.25) is 0 Å². The van der Waals surface area contributed by atoms with Gasteiger partial charge in [0.15, 0.2) is 0 Å². The standard InChI is InChI=1S/C20H16N2O/c1-23-18-10-7-16(8-11-18)19-14-22-13-17(9-12-20(22)21-19)15-5-3-2-4-6-15/h2-14H,1H3. The summed E-state index contributed by atoms with van der Waals surface area (Å²) in [6, 6.07) is 22.5. The van der Waals surface area contributed by atoms with Gasteiger partial charge in [0.05, 0.1) is 12.8 Å². The van der Waals surface area contributed by atoms with Crippen LogP contribution in [0.25, 0.3) is 28.0 Å². The summed E-state index contributed by atoms with van der Waals surface area (Å²) in [7, 11) is 1.67. The first-order valence-electron chi connectivity index (χ1n) is 7.52. The van der Waals surface area contributed by atoms with Crippen LogP contribution >= 0.6 is 0 Å². The molecule has 0 saturated heterocycles. The van der Waals surface area contributed by atoms with Crippen LogP contribution in [-0.2, 0) is 0 Å². The molecule has 23 heavy (non-hydrogen) atoms. The van der Waals surface area contributed by atoms with Gasteiger partial charge in [-0.2, -0.15) is 0 Å². The first-order chi connectivity index (χ1) is 11.3. The SMILES string of the molecule is COc1ccc(-c2cn3cc(-c4ccccc4)ccc3n2)cc1. The zero-order valence-electron chi connectivity index (χ0n) is 12.8. The number of imidazole rings is 1. The Kier molecular flexibility index (Phi) is 3.31. The molecule has 2 heterocycles. The third-order valence-electron chi connectivity index (χ3n) is 3.94. The normalized spacial score (nSPS) is 10.8. The molecule has 0 atom stereocenters. The summed E-state index contributed by atoms with van der Waals surface area (Å²) >= 11 is 0. The van der Waals surface area contributed by atoms with E-state index in [0.717, 1.165) is 22.7 Å². The zero-order valence-corrected chi connectivity index (χ0v) is 12.8. The van der Waals surface area contributed by atoms with Crippen molar-refractivity contribution in [3.05, 3.63) is 79.1 Å². The molecule has 2 aromatic heterocycles. The molecule has 0 radical (unpaired) electrons. The third-order valence-corrected chi connectivity index (χ3v) is 3.94. The number of aromatic nitrogens is 2. The second-order valence-electron chi connectivity index (χ2n) is 5.40. The first-order valence-corrected chi connectivity index (χ1v) is 7.52. The van der Waals surface area contributed by atoms with Crippen LogP contribution in [0.1, 0.15) is 0 Å². The summed E-state index contributed by atoms with van der Waals surface area (Å²) < 4.78 is 7.27. The summed E-state index contributed by atoms with van der Waals surface area (Å²) in [6.45, 7) is 0. The molecule has 3 heteroatoms. The largest absolute Gasteiger partial charge is 0.497 e. The van der Waals surface area contributed by atoms with Crippen LogP contribution in [0, 0.1) is 0 Å². The number of hydrogen-bond donors (Lipinski definition) is 0. The maximum atomic E-state index is 5.20. The molecular weight excluding hydrogens is 284 g/mol. The minimum absolute atomic E-state index is 0.851. The minimum Gasteiger partial charge on any atom is -0.497 e. The van der Waals surface area contributed by atoms with Crippen molar-refractivity contribution in [2.24, 2.45) is 0 Å². The number of nitrogens with zero attached hydrogens (tertiary/aromatic N) is 2. The number of ether oxygens (including phenoxy) is 1. The van der Waals surface area contributed by atoms with Crippen molar-refractivity contribution in [3.8, 4) is 28.1 Å². The molecule has 0 spiro atoms. The van der Waals surface area contributed by atoms with Gasteiger partial charge >= 0.3 is 0 Å². The van der Waals surface area contributed by atoms with E-state index in [1.54, 1.807) is 7.11 Å². The molecule has 0 aliphatic carbocycles. The zero-order chi connectivity index (χ0) is 15.6. The van der Waals surface area contributed by atoms with Crippen LogP contribution in [0.3, 0.4) is 0 Å². The first kappa shape index (κ1) is 13.6. The Morgan fingerprint density at radius 1 is 0.739 bits per heavy atom. The number of methoxy groups -OCH3 is 1. The highest BCUT2D eigenvalue weighted by Crippen LogP contribution is 2.24. The minimum atomic E-state index is 0.851. The predicted octanol–water partition coefficient (Wildman–Crippen LogP) is 4.68. The number of benzene rings is 2. The van der Waals surface area contributed by atoms with Gasteiger partial charge in [0.1, 0.15) is 11.4 Å². The molecule has 2 aromatic carbocycles. The molecule has 0 N–H and O–H groups in total. The van der Waals surface area contributed by atoms with Crippen LogP contribution < -0.4 is 4.74 Å². The van der Waals surface area contributed by atoms with Gasteiger partial charge < -0.3 is 9.14 Å². The van der Waals surface area contributed by atoms with Crippen LogP contribution in [0.2, 0.25) is 0 Å². The van der Waals surface area contributed by atoms with Crippen molar-refractivity contribution in [1.82, 2.24) is 9.38 Å². The molecule has 0 unspecified atom stereocenters. The van der Waals surface area contributed by atoms with E-state index in [0.29, 0.717) is 0 Å².